The lowest BCUT2D eigenvalue weighted by atomic mass is 9.99. The minimum Gasteiger partial charge on any atom is -0.493 e. The molecule has 2 aromatic carbocycles. The first kappa shape index (κ1) is 13.5. The van der Waals surface area contributed by atoms with E-state index in [2.05, 4.69) is 22.7 Å². The Hall–Kier alpha value is -2.49. The van der Waals surface area contributed by atoms with Crippen molar-refractivity contribution in [3.8, 4) is 11.5 Å². The van der Waals surface area contributed by atoms with Gasteiger partial charge in [-0.05, 0) is 23.3 Å². The Kier molecular flexibility index (Phi) is 3.77. The lowest BCUT2D eigenvalue weighted by Crippen LogP contribution is -2.10. The lowest BCUT2D eigenvalue weighted by Gasteiger charge is -2.14. The summed E-state index contributed by atoms with van der Waals surface area (Å²) in [5, 5.41) is 4.46. The second kappa shape index (κ2) is 5.87. The van der Waals surface area contributed by atoms with E-state index in [9.17, 15) is 0 Å². The molecular weight excluding hydrogens is 264 g/mol. The molecule has 0 aromatic heterocycles. The highest BCUT2D eigenvalue weighted by atomic mass is 16.5. The van der Waals surface area contributed by atoms with Crippen LogP contribution in [-0.4, -0.2) is 19.9 Å². The molecule has 0 saturated carbocycles. The Morgan fingerprint density at radius 1 is 1.00 bits per heavy atom. The molecule has 108 valence electrons. The molecule has 0 fully saturated rings. The fraction of sp³-hybridized carbons (Fsp3) is 0.235. The van der Waals surface area contributed by atoms with Gasteiger partial charge in [0.15, 0.2) is 11.5 Å². The Labute approximate surface area is 124 Å². The Balaban J connectivity index is 1.79. The number of ether oxygens (including phenoxy) is 2. The first-order valence-corrected chi connectivity index (χ1v) is 6.91. The van der Waals surface area contributed by atoms with Crippen molar-refractivity contribution in [1.82, 2.24) is 5.43 Å². The predicted molar refractivity (Wildman–Crippen MR) is 83.0 cm³/mol. The largest absolute Gasteiger partial charge is 0.493 e. The zero-order valence-corrected chi connectivity index (χ0v) is 12.2. The van der Waals surface area contributed by atoms with Crippen molar-refractivity contribution in [3.05, 3.63) is 59.7 Å². The van der Waals surface area contributed by atoms with Crippen molar-refractivity contribution < 1.29 is 9.47 Å². The number of nitrogens with one attached hydrogen (secondary N) is 1. The third-order valence-corrected chi connectivity index (χ3v) is 3.67. The maximum absolute atomic E-state index is 5.36. The van der Waals surface area contributed by atoms with Gasteiger partial charge >= 0.3 is 0 Å². The third kappa shape index (κ3) is 2.70. The maximum Gasteiger partial charge on any atom is 0.161 e. The molecule has 21 heavy (non-hydrogen) atoms. The number of hydrazone groups is 1. The summed E-state index contributed by atoms with van der Waals surface area (Å²) in [5.74, 6) is 1.48. The SMILES string of the molecule is COc1ccc(C2CC(c3ccccc3)=NN2)cc1OC. The van der Waals surface area contributed by atoms with Gasteiger partial charge in [-0.3, -0.25) is 0 Å². The summed E-state index contributed by atoms with van der Waals surface area (Å²) in [5.41, 5.74) is 6.58. The summed E-state index contributed by atoms with van der Waals surface area (Å²) >= 11 is 0. The van der Waals surface area contributed by atoms with Crippen LogP contribution in [0.5, 0.6) is 11.5 Å². The predicted octanol–water partition coefficient (Wildman–Crippen LogP) is 3.14. The minimum absolute atomic E-state index is 0.167. The average molecular weight is 282 g/mol. The molecule has 2 aromatic rings. The Bertz CT molecular complexity index is 653. The molecule has 0 bridgehead atoms. The fourth-order valence-electron chi connectivity index (χ4n) is 2.52. The van der Waals surface area contributed by atoms with Crippen LogP contribution in [0.1, 0.15) is 23.6 Å². The zero-order chi connectivity index (χ0) is 14.7. The van der Waals surface area contributed by atoms with Gasteiger partial charge in [-0.25, -0.2) is 0 Å². The molecule has 0 aliphatic carbocycles. The van der Waals surface area contributed by atoms with Gasteiger partial charge in [0.25, 0.3) is 0 Å². The first-order valence-electron chi connectivity index (χ1n) is 6.91. The molecule has 4 heteroatoms. The van der Waals surface area contributed by atoms with Crippen LogP contribution in [0.15, 0.2) is 53.6 Å². The lowest BCUT2D eigenvalue weighted by molar-refractivity contribution is 0.354. The molecular formula is C17H18N2O2. The van der Waals surface area contributed by atoms with Gasteiger partial charge in [0.1, 0.15) is 0 Å². The summed E-state index contributed by atoms with van der Waals surface area (Å²) in [6, 6.07) is 16.4. The summed E-state index contributed by atoms with van der Waals surface area (Å²) in [6.07, 6.45) is 0.861. The molecule has 0 radical (unpaired) electrons. The quantitative estimate of drug-likeness (QED) is 0.936. The molecule has 0 spiro atoms. The number of hydrogen-bond donors (Lipinski definition) is 1. The average Bonchev–Trinajstić information content (AvgIpc) is 3.05. The molecule has 1 N–H and O–H groups in total. The molecule has 0 saturated heterocycles. The van der Waals surface area contributed by atoms with Gasteiger partial charge in [0.2, 0.25) is 0 Å². The molecule has 1 heterocycles. The van der Waals surface area contributed by atoms with E-state index >= 15 is 0 Å². The maximum atomic E-state index is 5.36. The number of nitrogens with zero attached hydrogens (tertiary/aromatic N) is 1. The van der Waals surface area contributed by atoms with Crippen LogP contribution in [0.25, 0.3) is 0 Å². The van der Waals surface area contributed by atoms with Crippen LogP contribution in [0, 0.1) is 0 Å². The van der Waals surface area contributed by atoms with Gasteiger partial charge < -0.3 is 14.9 Å². The molecule has 1 atom stereocenters. The second-order valence-corrected chi connectivity index (χ2v) is 4.92. The van der Waals surface area contributed by atoms with Crippen molar-refractivity contribution in [2.45, 2.75) is 12.5 Å². The van der Waals surface area contributed by atoms with Crippen LogP contribution in [0.2, 0.25) is 0 Å². The highest BCUT2D eigenvalue weighted by Gasteiger charge is 2.22. The summed E-state index contributed by atoms with van der Waals surface area (Å²) < 4.78 is 10.6. The zero-order valence-electron chi connectivity index (χ0n) is 12.2. The van der Waals surface area contributed by atoms with Crippen LogP contribution >= 0.6 is 0 Å². The Morgan fingerprint density at radius 3 is 2.48 bits per heavy atom. The molecule has 1 aliphatic heterocycles. The van der Waals surface area contributed by atoms with Crippen LogP contribution < -0.4 is 14.9 Å². The molecule has 0 amide bonds. The van der Waals surface area contributed by atoms with Crippen molar-refractivity contribution in [3.63, 3.8) is 0 Å². The van der Waals surface area contributed by atoms with E-state index in [4.69, 9.17) is 9.47 Å². The van der Waals surface area contributed by atoms with E-state index in [1.807, 2.05) is 36.4 Å². The smallest absolute Gasteiger partial charge is 0.161 e. The van der Waals surface area contributed by atoms with Crippen LogP contribution in [0.4, 0.5) is 0 Å². The van der Waals surface area contributed by atoms with Crippen molar-refractivity contribution in [2.24, 2.45) is 5.10 Å². The number of benzene rings is 2. The number of hydrogen-bond acceptors (Lipinski definition) is 4. The standard InChI is InChI=1S/C17H18N2O2/c1-20-16-9-8-13(10-17(16)21-2)15-11-14(18-19-15)12-6-4-3-5-7-12/h3-10,15,19H,11H2,1-2H3. The summed E-state index contributed by atoms with van der Waals surface area (Å²) in [7, 11) is 3.29. The number of rotatable bonds is 4. The van der Waals surface area contributed by atoms with Gasteiger partial charge in [-0.15, -0.1) is 0 Å². The van der Waals surface area contributed by atoms with E-state index in [0.717, 1.165) is 34.8 Å². The molecule has 3 rings (SSSR count). The summed E-state index contributed by atoms with van der Waals surface area (Å²) in [6.45, 7) is 0. The van der Waals surface area contributed by atoms with Crippen LogP contribution in [0.3, 0.4) is 0 Å². The summed E-state index contributed by atoms with van der Waals surface area (Å²) in [4.78, 5) is 0. The second-order valence-electron chi connectivity index (χ2n) is 4.92. The van der Waals surface area contributed by atoms with Crippen LogP contribution in [-0.2, 0) is 0 Å². The van der Waals surface area contributed by atoms with E-state index < -0.39 is 0 Å². The van der Waals surface area contributed by atoms with Gasteiger partial charge in [-0.1, -0.05) is 36.4 Å². The van der Waals surface area contributed by atoms with E-state index in [1.54, 1.807) is 14.2 Å². The minimum atomic E-state index is 0.167. The fourth-order valence-corrected chi connectivity index (χ4v) is 2.52. The molecule has 4 nitrogen and oxygen atoms in total. The van der Waals surface area contributed by atoms with Gasteiger partial charge in [0.05, 0.1) is 26.0 Å². The third-order valence-electron chi connectivity index (χ3n) is 3.67. The highest BCUT2D eigenvalue weighted by Crippen LogP contribution is 2.32. The number of methoxy groups -OCH3 is 2. The van der Waals surface area contributed by atoms with Gasteiger partial charge in [0, 0.05) is 6.42 Å². The van der Waals surface area contributed by atoms with E-state index in [-0.39, 0.29) is 6.04 Å². The monoisotopic (exact) mass is 282 g/mol. The van der Waals surface area contributed by atoms with Gasteiger partial charge in [-0.2, -0.15) is 5.10 Å². The highest BCUT2D eigenvalue weighted by molar-refractivity contribution is 6.01. The molecule has 1 aliphatic rings. The molecule has 1 unspecified atom stereocenters. The normalized spacial score (nSPS) is 17.0. The topological polar surface area (TPSA) is 42.8 Å². The van der Waals surface area contributed by atoms with Crippen molar-refractivity contribution in [1.29, 1.82) is 0 Å². The van der Waals surface area contributed by atoms with E-state index in [1.165, 1.54) is 0 Å². The van der Waals surface area contributed by atoms with E-state index in [0.29, 0.717) is 0 Å². The van der Waals surface area contributed by atoms with Crippen molar-refractivity contribution >= 4 is 5.71 Å². The van der Waals surface area contributed by atoms with Crippen molar-refractivity contribution in [2.75, 3.05) is 14.2 Å². The first-order chi connectivity index (χ1) is 10.3. The Morgan fingerprint density at radius 2 is 1.76 bits per heavy atom.